The van der Waals surface area contributed by atoms with Crippen LogP contribution in [0.25, 0.3) is 0 Å². The highest BCUT2D eigenvalue weighted by Crippen LogP contribution is 2.62. The molecule has 0 spiro atoms. The first-order valence-electron chi connectivity index (χ1n) is 6.27. The van der Waals surface area contributed by atoms with Crippen molar-refractivity contribution in [3.8, 4) is 0 Å². The first kappa shape index (κ1) is 11.9. The quantitative estimate of drug-likeness (QED) is 0.787. The first-order chi connectivity index (χ1) is 7.28. The van der Waals surface area contributed by atoms with Crippen LogP contribution in [-0.2, 0) is 4.79 Å². The third-order valence-corrected chi connectivity index (χ3v) is 4.97. The van der Waals surface area contributed by atoms with Gasteiger partial charge in [0.2, 0.25) is 5.91 Å². The Bertz CT molecular complexity index is 291. The highest BCUT2D eigenvalue weighted by atomic mass is 16.2. The van der Waals surface area contributed by atoms with E-state index >= 15 is 0 Å². The molecule has 16 heavy (non-hydrogen) atoms. The molecule has 0 aliphatic heterocycles. The highest BCUT2D eigenvalue weighted by molar-refractivity contribution is 5.78. The monoisotopic (exact) mass is 224 g/mol. The Balaban J connectivity index is 1.78. The maximum atomic E-state index is 11.8. The minimum atomic E-state index is 0.237. The fourth-order valence-electron chi connectivity index (χ4n) is 2.69. The molecule has 0 aromatic heterocycles. The molecule has 92 valence electrons. The van der Waals surface area contributed by atoms with Gasteiger partial charge in [-0.15, -0.1) is 0 Å². The maximum absolute atomic E-state index is 11.8. The Morgan fingerprint density at radius 1 is 1.25 bits per heavy atom. The predicted molar refractivity (Wildman–Crippen MR) is 65.1 cm³/mol. The molecule has 0 bridgehead atoms. The Morgan fingerprint density at radius 3 is 2.12 bits per heavy atom. The van der Waals surface area contributed by atoms with E-state index in [4.69, 9.17) is 0 Å². The minimum Gasteiger partial charge on any atom is -0.342 e. The van der Waals surface area contributed by atoms with E-state index in [0.29, 0.717) is 29.5 Å². The number of nitrogens with one attached hydrogen (secondary N) is 1. The van der Waals surface area contributed by atoms with Gasteiger partial charge < -0.3 is 10.2 Å². The number of likely N-dealkylation sites (N-methyl/N-ethyl adjacent to an activating group) is 1. The van der Waals surface area contributed by atoms with Crippen LogP contribution in [0.4, 0.5) is 0 Å². The molecule has 2 aliphatic carbocycles. The van der Waals surface area contributed by atoms with E-state index in [2.05, 4.69) is 33.0 Å². The summed E-state index contributed by atoms with van der Waals surface area (Å²) in [5.41, 5.74) is 0.622. The zero-order chi connectivity index (χ0) is 12.1. The van der Waals surface area contributed by atoms with Gasteiger partial charge in [0, 0.05) is 19.1 Å². The summed E-state index contributed by atoms with van der Waals surface area (Å²) < 4.78 is 0. The first-order valence-corrected chi connectivity index (χ1v) is 6.27. The molecule has 0 aromatic carbocycles. The van der Waals surface area contributed by atoms with E-state index in [9.17, 15) is 4.79 Å². The van der Waals surface area contributed by atoms with Crippen LogP contribution in [0, 0.1) is 10.8 Å². The molecule has 0 saturated heterocycles. The topological polar surface area (TPSA) is 32.3 Å². The molecular weight excluding hydrogens is 200 g/mol. The Hall–Kier alpha value is -0.570. The average molecular weight is 224 g/mol. The van der Waals surface area contributed by atoms with Crippen molar-refractivity contribution < 1.29 is 4.79 Å². The van der Waals surface area contributed by atoms with Crippen LogP contribution >= 0.6 is 0 Å². The van der Waals surface area contributed by atoms with Gasteiger partial charge in [-0.3, -0.25) is 4.79 Å². The lowest BCUT2D eigenvalue weighted by Gasteiger charge is -2.17. The lowest BCUT2D eigenvalue weighted by Crippen LogP contribution is -2.38. The van der Waals surface area contributed by atoms with Crippen LogP contribution in [0.15, 0.2) is 0 Å². The zero-order valence-corrected chi connectivity index (χ0v) is 11.1. The summed E-state index contributed by atoms with van der Waals surface area (Å²) in [5, 5.41) is 3.41. The van der Waals surface area contributed by atoms with E-state index in [-0.39, 0.29) is 5.91 Å². The summed E-state index contributed by atoms with van der Waals surface area (Å²) in [7, 11) is 1.92. The van der Waals surface area contributed by atoms with Gasteiger partial charge in [0.05, 0.1) is 6.54 Å². The number of amides is 1. The largest absolute Gasteiger partial charge is 0.342 e. The summed E-state index contributed by atoms with van der Waals surface area (Å²) in [4.78, 5) is 13.7. The second-order valence-corrected chi connectivity index (χ2v) is 6.49. The molecule has 1 N–H and O–H groups in total. The van der Waals surface area contributed by atoms with E-state index in [1.54, 1.807) is 0 Å². The van der Waals surface area contributed by atoms with Crippen LogP contribution in [0.1, 0.15) is 40.5 Å². The van der Waals surface area contributed by atoms with Gasteiger partial charge in [-0.05, 0) is 23.7 Å². The molecule has 0 radical (unpaired) electrons. The summed E-state index contributed by atoms with van der Waals surface area (Å²) in [5.74, 6) is 0.237. The van der Waals surface area contributed by atoms with Crippen molar-refractivity contribution in [3.63, 3.8) is 0 Å². The molecular formula is C13H24N2O. The molecule has 3 heteroatoms. The highest BCUT2D eigenvalue weighted by Gasteiger charge is 2.64. The smallest absolute Gasteiger partial charge is 0.236 e. The molecule has 0 atom stereocenters. The van der Waals surface area contributed by atoms with Crippen LogP contribution in [0.5, 0.6) is 0 Å². The fraction of sp³-hybridized carbons (Fsp3) is 0.923. The number of carbonyl (C=O) groups is 1. The van der Waals surface area contributed by atoms with E-state index < -0.39 is 0 Å². The Labute approximate surface area is 98.6 Å². The molecule has 2 aliphatic rings. The SMILES string of the molecule is CN(C(=O)CNC1C(C)(C)C1(C)C)C1CC1. The van der Waals surface area contributed by atoms with E-state index in [0.717, 1.165) is 0 Å². The van der Waals surface area contributed by atoms with Gasteiger partial charge in [0.15, 0.2) is 0 Å². The molecule has 3 nitrogen and oxygen atoms in total. The van der Waals surface area contributed by atoms with Crippen molar-refractivity contribution in [3.05, 3.63) is 0 Å². The molecule has 0 aromatic rings. The lowest BCUT2D eigenvalue weighted by atomic mass is 10.0. The van der Waals surface area contributed by atoms with Gasteiger partial charge in [-0.25, -0.2) is 0 Å². The van der Waals surface area contributed by atoms with E-state index in [1.807, 2.05) is 11.9 Å². The third-order valence-electron chi connectivity index (χ3n) is 4.97. The second-order valence-electron chi connectivity index (χ2n) is 6.49. The minimum absolute atomic E-state index is 0.237. The van der Waals surface area contributed by atoms with Crippen molar-refractivity contribution in [2.24, 2.45) is 10.8 Å². The van der Waals surface area contributed by atoms with Gasteiger partial charge in [-0.1, -0.05) is 27.7 Å². The number of nitrogens with zero attached hydrogens (tertiary/aromatic N) is 1. The van der Waals surface area contributed by atoms with E-state index in [1.165, 1.54) is 12.8 Å². The van der Waals surface area contributed by atoms with Crippen molar-refractivity contribution >= 4 is 5.91 Å². The van der Waals surface area contributed by atoms with Gasteiger partial charge in [0.25, 0.3) is 0 Å². The van der Waals surface area contributed by atoms with Crippen molar-refractivity contribution in [2.75, 3.05) is 13.6 Å². The zero-order valence-electron chi connectivity index (χ0n) is 11.1. The van der Waals surface area contributed by atoms with Gasteiger partial charge >= 0.3 is 0 Å². The van der Waals surface area contributed by atoms with Gasteiger partial charge in [0.1, 0.15) is 0 Å². The molecule has 1 amide bonds. The van der Waals surface area contributed by atoms with Crippen molar-refractivity contribution in [2.45, 2.75) is 52.6 Å². The molecule has 0 unspecified atom stereocenters. The summed E-state index contributed by atoms with van der Waals surface area (Å²) in [6, 6.07) is 0.992. The van der Waals surface area contributed by atoms with Gasteiger partial charge in [-0.2, -0.15) is 0 Å². The summed E-state index contributed by atoms with van der Waals surface area (Å²) >= 11 is 0. The number of hydrogen-bond acceptors (Lipinski definition) is 2. The average Bonchev–Trinajstić information content (AvgIpc) is 3.04. The third kappa shape index (κ3) is 1.75. The van der Waals surface area contributed by atoms with Crippen molar-refractivity contribution in [1.29, 1.82) is 0 Å². The molecule has 0 heterocycles. The normalized spacial score (nSPS) is 26.6. The number of hydrogen-bond donors (Lipinski definition) is 1. The molecule has 2 fully saturated rings. The van der Waals surface area contributed by atoms with Crippen molar-refractivity contribution in [1.82, 2.24) is 10.2 Å². The fourth-order valence-corrected chi connectivity index (χ4v) is 2.69. The Morgan fingerprint density at radius 2 is 1.75 bits per heavy atom. The Kier molecular flexibility index (Phi) is 2.57. The van der Waals surface area contributed by atoms with Crippen LogP contribution < -0.4 is 5.32 Å². The maximum Gasteiger partial charge on any atom is 0.236 e. The molecule has 2 saturated carbocycles. The van der Waals surface area contributed by atoms with Crippen LogP contribution in [0.2, 0.25) is 0 Å². The van der Waals surface area contributed by atoms with Crippen LogP contribution in [0.3, 0.4) is 0 Å². The standard InChI is InChI=1S/C13H24N2O/c1-12(2)11(13(12,3)4)14-8-10(16)15(5)9-6-7-9/h9,11,14H,6-8H2,1-5H3. The predicted octanol–water partition coefficient (Wildman–Crippen LogP) is 1.63. The summed E-state index contributed by atoms with van der Waals surface area (Å²) in [6.45, 7) is 9.55. The summed E-state index contributed by atoms with van der Waals surface area (Å²) in [6.07, 6.45) is 2.37. The second kappa shape index (κ2) is 3.46. The number of carbonyl (C=O) groups excluding carboxylic acids is 1. The molecule has 2 rings (SSSR count). The number of rotatable bonds is 4. The lowest BCUT2D eigenvalue weighted by molar-refractivity contribution is -0.129. The van der Waals surface area contributed by atoms with Crippen LogP contribution in [-0.4, -0.2) is 36.5 Å².